The van der Waals surface area contributed by atoms with Gasteiger partial charge in [-0.3, -0.25) is 15.5 Å². The van der Waals surface area contributed by atoms with Gasteiger partial charge in [-0.15, -0.1) is 13.2 Å². The third kappa shape index (κ3) is 5.87. The molecule has 0 aliphatic carbocycles. The summed E-state index contributed by atoms with van der Waals surface area (Å²) in [4.78, 5) is 9.92. The summed E-state index contributed by atoms with van der Waals surface area (Å²) in [5.41, 5.74) is 0.217. The molecule has 0 spiro atoms. The van der Waals surface area contributed by atoms with Crippen molar-refractivity contribution in [1.29, 1.82) is 0 Å². The van der Waals surface area contributed by atoms with Crippen molar-refractivity contribution in [3.05, 3.63) is 63.7 Å². The zero-order valence-corrected chi connectivity index (χ0v) is 13.0. The van der Waals surface area contributed by atoms with Crippen LogP contribution >= 0.6 is 0 Å². The standard InChI is InChI=1S/C15H9F6N3O3/c16-14(17,18)10-3-6-12(13(7-10)24(25)26)23-22-8-9-1-4-11(5-2-9)27-15(19,20)21/h1-8,23H/b22-8-. The number of benzene rings is 2. The molecule has 0 saturated carbocycles. The van der Waals surface area contributed by atoms with Crippen LogP contribution in [0.1, 0.15) is 11.1 Å². The highest BCUT2D eigenvalue weighted by molar-refractivity contribution is 5.80. The van der Waals surface area contributed by atoms with Gasteiger partial charge in [0.05, 0.1) is 16.7 Å². The summed E-state index contributed by atoms with van der Waals surface area (Å²) >= 11 is 0. The van der Waals surface area contributed by atoms with Gasteiger partial charge in [0.2, 0.25) is 0 Å². The number of anilines is 1. The van der Waals surface area contributed by atoms with E-state index in [0.29, 0.717) is 17.7 Å². The number of hydrogen-bond acceptors (Lipinski definition) is 5. The van der Waals surface area contributed by atoms with Crippen LogP contribution in [0.5, 0.6) is 5.75 Å². The number of nitro groups is 1. The third-order valence-electron chi connectivity index (χ3n) is 3.03. The highest BCUT2D eigenvalue weighted by Gasteiger charge is 2.33. The number of nitro benzene ring substituents is 1. The highest BCUT2D eigenvalue weighted by atomic mass is 19.4. The molecule has 2 aromatic rings. The fourth-order valence-corrected chi connectivity index (χ4v) is 1.89. The van der Waals surface area contributed by atoms with E-state index in [-0.39, 0.29) is 5.69 Å². The van der Waals surface area contributed by atoms with Crippen LogP contribution in [0.2, 0.25) is 0 Å². The van der Waals surface area contributed by atoms with Crippen molar-refractivity contribution < 1.29 is 36.0 Å². The van der Waals surface area contributed by atoms with Crippen molar-refractivity contribution in [3.8, 4) is 5.75 Å². The molecule has 0 heterocycles. The molecule has 0 unspecified atom stereocenters. The number of rotatable bonds is 5. The predicted octanol–water partition coefficient (Wildman–Crippen LogP) is 4.96. The lowest BCUT2D eigenvalue weighted by atomic mass is 10.1. The number of alkyl halides is 6. The minimum Gasteiger partial charge on any atom is -0.406 e. The van der Waals surface area contributed by atoms with Crippen LogP contribution in [-0.2, 0) is 6.18 Å². The second kappa shape index (κ2) is 7.51. The summed E-state index contributed by atoms with van der Waals surface area (Å²) in [7, 11) is 0. The van der Waals surface area contributed by atoms with Crippen LogP contribution < -0.4 is 10.2 Å². The van der Waals surface area contributed by atoms with Crippen molar-refractivity contribution in [2.24, 2.45) is 5.10 Å². The first kappa shape index (κ1) is 20.0. The molecule has 2 rings (SSSR count). The first-order chi connectivity index (χ1) is 12.5. The Labute approximate surface area is 147 Å². The SMILES string of the molecule is O=[N+]([O-])c1cc(C(F)(F)F)ccc1N/N=C\c1ccc(OC(F)(F)F)cc1. The Kier molecular flexibility index (Phi) is 5.57. The quantitative estimate of drug-likeness (QED) is 0.337. The Morgan fingerprint density at radius 2 is 1.67 bits per heavy atom. The molecule has 2 aromatic carbocycles. The maximum absolute atomic E-state index is 12.6. The van der Waals surface area contributed by atoms with Gasteiger partial charge in [0, 0.05) is 6.07 Å². The Morgan fingerprint density at radius 1 is 1.04 bits per heavy atom. The summed E-state index contributed by atoms with van der Waals surface area (Å²) in [6, 6.07) is 6.36. The van der Waals surface area contributed by atoms with E-state index in [0.717, 1.165) is 24.4 Å². The number of hydrazone groups is 1. The molecule has 0 fully saturated rings. The lowest BCUT2D eigenvalue weighted by Crippen LogP contribution is -2.17. The average molecular weight is 393 g/mol. The maximum Gasteiger partial charge on any atom is 0.573 e. The fourth-order valence-electron chi connectivity index (χ4n) is 1.89. The average Bonchev–Trinajstić information content (AvgIpc) is 2.54. The zero-order chi connectivity index (χ0) is 20.2. The second-order valence-corrected chi connectivity index (χ2v) is 4.97. The van der Waals surface area contributed by atoms with E-state index in [1.165, 1.54) is 12.1 Å². The molecular formula is C15H9F6N3O3. The number of halogens is 6. The normalized spacial score (nSPS) is 12.2. The van der Waals surface area contributed by atoms with Gasteiger partial charge >= 0.3 is 12.5 Å². The molecule has 27 heavy (non-hydrogen) atoms. The minimum absolute atomic E-state index is 0.290. The molecular weight excluding hydrogens is 384 g/mol. The smallest absolute Gasteiger partial charge is 0.406 e. The summed E-state index contributed by atoms with van der Waals surface area (Å²) < 4.78 is 77.7. The molecule has 0 amide bonds. The fraction of sp³-hybridized carbons (Fsp3) is 0.133. The van der Waals surface area contributed by atoms with Gasteiger partial charge in [-0.25, -0.2) is 0 Å². The molecule has 6 nitrogen and oxygen atoms in total. The lowest BCUT2D eigenvalue weighted by Gasteiger charge is -2.09. The Bertz CT molecular complexity index is 847. The van der Waals surface area contributed by atoms with Gasteiger partial charge in [-0.2, -0.15) is 18.3 Å². The zero-order valence-electron chi connectivity index (χ0n) is 13.0. The first-order valence-corrected chi connectivity index (χ1v) is 6.96. The van der Waals surface area contributed by atoms with Crippen LogP contribution in [0.3, 0.4) is 0 Å². The van der Waals surface area contributed by atoms with E-state index >= 15 is 0 Å². The summed E-state index contributed by atoms with van der Waals surface area (Å²) in [5, 5.41) is 14.6. The summed E-state index contributed by atoms with van der Waals surface area (Å²) in [5.74, 6) is -0.453. The van der Waals surface area contributed by atoms with Gasteiger partial charge in [-0.1, -0.05) is 0 Å². The van der Waals surface area contributed by atoms with Crippen molar-refractivity contribution in [3.63, 3.8) is 0 Å². The molecule has 0 radical (unpaired) electrons. The Hall–Kier alpha value is -3.31. The van der Waals surface area contributed by atoms with Crippen molar-refractivity contribution in [2.45, 2.75) is 12.5 Å². The Morgan fingerprint density at radius 3 is 2.19 bits per heavy atom. The van der Waals surface area contributed by atoms with Gasteiger partial charge < -0.3 is 4.74 Å². The van der Waals surface area contributed by atoms with E-state index in [2.05, 4.69) is 15.3 Å². The van der Waals surface area contributed by atoms with Gasteiger partial charge in [0.15, 0.2) is 0 Å². The molecule has 0 saturated heterocycles. The van der Waals surface area contributed by atoms with Crippen LogP contribution in [-0.4, -0.2) is 17.5 Å². The lowest BCUT2D eigenvalue weighted by molar-refractivity contribution is -0.384. The predicted molar refractivity (Wildman–Crippen MR) is 82.4 cm³/mol. The number of nitrogens with one attached hydrogen (secondary N) is 1. The monoisotopic (exact) mass is 393 g/mol. The molecule has 0 aliphatic rings. The topological polar surface area (TPSA) is 76.8 Å². The van der Waals surface area contributed by atoms with E-state index in [1.54, 1.807) is 0 Å². The largest absolute Gasteiger partial charge is 0.573 e. The maximum atomic E-state index is 12.6. The van der Waals surface area contributed by atoms with Gasteiger partial charge in [-0.05, 0) is 42.0 Å². The van der Waals surface area contributed by atoms with E-state index in [1.807, 2.05) is 0 Å². The van der Waals surface area contributed by atoms with E-state index in [9.17, 15) is 36.5 Å². The molecule has 144 valence electrons. The van der Waals surface area contributed by atoms with Gasteiger partial charge in [0.1, 0.15) is 11.4 Å². The third-order valence-corrected chi connectivity index (χ3v) is 3.03. The number of nitrogens with zero attached hydrogens (tertiary/aromatic N) is 2. The number of hydrogen-bond donors (Lipinski definition) is 1. The van der Waals surface area contributed by atoms with Crippen molar-refractivity contribution in [1.82, 2.24) is 0 Å². The van der Waals surface area contributed by atoms with Crippen LogP contribution in [0, 0.1) is 10.1 Å². The molecule has 0 atom stereocenters. The van der Waals surface area contributed by atoms with Crippen molar-refractivity contribution in [2.75, 3.05) is 5.43 Å². The summed E-state index contributed by atoms with van der Waals surface area (Å²) in [6.45, 7) is 0. The number of ether oxygens (including phenoxy) is 1. The van der Waals surface area contributed by atoms with E-state index < -0.39 is 34.5 Å². The minimum atomic E-state index is -4.83. The molecule has 0 bridgehead atoms. The Balaban J connectivity index is 2.12. The van der Waals surface area contributed by atoms with Crippen LogP contribution in [0.25, 0.3) is 0 Å². The molecule has 12 heteroatoms. The van der Waals surface area contributed by atoms with Crippen LogP contribution in [0.4, 0.5) is 37.7 Å². The second-order valence-electron chi connectivity index (χ2n) is 4.97. The highest BCUT2D eigenvalue weighted by Crippen LogP contribution is 2.35. The summed E-state index contributed by atoms with van der Waals surface area (Å²) in [6.07, 6.45) is -8.47. The van der Waals surface area contributed by atoms with E-state index in [4.69, 9.17) is 0 Å². The molecule has 0 aromatic heterocycles. The van der Waals surface area contributed by atoms with Crippen molar-refractivity contribution >= 4 is 17.6 Å². The first-order valence-electron chi connectivity index (χ1n) is 6.96. The van der Waals surface area contributed by atoms with Gasteiger partial charge in [0.25, 0.3) is 5.69 Å². The molecule has 1 N–H and O–H groups in total. The van der Waals surface area contributed by atoms with Crippen LogP contribution in [0.15, 0.2) is 47.6 Å². The molecule has 0 aliphatic heterocycles.